The average Bonchev–Trinajstić information content (AvgIpc) is 3.08. The molecule has 5 nitrogen and oxygen atoms in total. The Bertz CT molecular complexity index is 637. The summed E-state index contributed by atoms with van der Waals surface area (Å²) >= 11 is 3.53. The number of hydrazine groups is 1. The van der Waals surface area contributed by atoms with Crippen LogP contribution in [0.25, 0.3) is 10.2 Å². The number of nitrogens with two attached hydrogens (primary N) is 1. The zero-order valence-corrected chi connectivity index (χ0v) is 13.9. The number of thioether (sulfide) groups is 1. The van der Waals surface area contributed by atoms with E-state index in [9.17, 15) is 0 Å². The number of aryl methyl sites for hydroxylation is 2. The fourth-order valence-corrected chi connectivity index (χ4v) is 4.52. The van der Waals surface area contributed by atoms with Crippen molar-refractivity contribution in [3.05, 3.63) is 16.3 Å². The van der Waals surface area contributed by atoms with Gasteiger partial charge in [-0.1, -0.05) is 0 Å². The molecule has 1 fully saturated rings. The van der Waals surface area contributed by atoms with Gasteiger partial charge in [-0.2, -0.15) is 11.8 Å². The molecule has 3 N–H and O–H groups in total. The second-order valence-corrected chi connectivity index (χ2v) is 7.48. The third-order valence-electron chi connectivity index (χ3n) is 3.77. The molecule has 0 bridgehead atoms. The Morgan fingerprint density at radius 3 is 3.00 bits per heavy atom. The largest absolute Gasteiger partial charge is 0.377 e. The summed E-state index contributed by atoms with van der Waals surface area (Å²) in [5.74, 6) is 8.99. The number of nitrogen functional groups attached to an aromatic ring is 1. The average molecular weight is 324 g/mol. The molecule has 114 valence electrons. The highest BCUT2D eigenvalue weighted by molar-refractivity contribution is 7.98. The molecule has 0 aromatic carbocycles. The van der Waals surface area contributed by atoms with Crippen LogP contribution in [0.4, 0.5) is 5.82 Å². The number of anilines is 1. The van der Waals surface area contributed by atoms with Gasteiger partial charge in [-0.3, -0.25) is 0 Å². The summed E-state index contributed by atoms with van der Waals surface area (Å²) in [5, 5.41) is 1.05. The first kappa shape index (κ1) is 15.0. The first-order chi connectivity index (χ1) is 10.2. The van der Waals surface area contributed by atoms with Gasteiger partial charge in [-0.25, -0.2) is 15.8 Å². The Morgan fingerprint density at radius 1 is 1.43 bits per heavy atom. The number of hydrogen-bond acceptors (Lipinski definition) is 7. The van der Waals surface area contributed by atoms with E-state index in [2.05, 4.69) is 29.2 Å². The lowest BCUT2D eigenvalue weighted by molar-refractivity contribution is 0.129. The van der Waals surface area contributed by atoms with Gasteiger partial charge in [0.05, 0.1) is 17.2 Å². The highest BCUT2D eigenvalue weighted by Gasteiger charge is 2.17. The molecule has 0 saturated carbocycles. The third-order valence-corrected chi connectivity index (χ3v) is 5.94. The first-order valence-corrected chi connectivity index (χ1v) is 9.08. The lowest BCUT2D eigenvalue weighted by Gasteiger charge is -2.09. The Kier molecular flexibility index (Phi) is 4.63. The van der Waals surface area contributed by atoms with E-state index in [0.29, 0.717) is 6.10 Å². The van der Waals surface area contributed by atoms with E-state index in [0.717, 1.165) is 40.0 Å². The number of aromatic nitrogens is 2. The van der Waals surface area contributed by atoms with Crippen LogP contribution in [0.1, 0.15) is 29.1 Å². The van der Waals surface area contributed by atoms with Gasteiger partial charge in [0.2, 0.25) is 0 Å². The van der Waals surface area contributed by atoms with E-state index in [-0.39, 0.29) is 0 Å². The summed E-state index contributed by atoms with van der Waals surface area (Å²) in [5.41, 5.74) is 3.93. The molecular formula is C14H20N4OS2. The van der Waals surface area contributed by atoms with Crippen LogP contribution in [0.15, 0.2) is 0 Å². The van der Waals surface area contributed by atoms with E-state index in [1.165, 1.54) is 23.3 Å². The second kappa shape index (κ2) is 6.48. The third kappa shape index (κ3) is 3.15. The number of ether oxygens (including phenoxy) is 1. The fraction of sp³-hybridized carbons (Fsp3) is 0.571. The van der Waals surface area contributed by atoms with Crippen LogP contribution in [0.3, 0.4) is 0 Å². The Balaban J connectivity index is 1.76. The molecule has 7 heteroatoms. The molecule has 0 radical (unpaired) electrons. The topological polar surface area (TPSA) is 73.1 Å². The maximum Gasteiger partial charge on any atom is 0.152 e. The number of fused-ring (bicyclic) bond motifs is 1. The fourth-order valence-electron chi connectivity index (χ4n) is 2.52. The van der Waals surface area contributed by atoms with Crippen molar-refractivity contribution >= 4 is 39.1 Å². The standard InChI is InChI=1S/C14H20N4OS2/c1-8-9(2)21-14-12(8)13(18-15)16-11(17-14)7-20-6-10-4-3-5-19-10/h10H,3-7,15H2,1-2H3,(H,16,17,18). The quantitative estimate of drug-likeness (QED) is 0.650. The molecule has 1 aliphatic rings. The molecule has 0 amide bonds. The summed E-state index contributed by atoms with van der Waals surface area (Å²) in [6.45, 7) is 5.10. The van der Waals surface area contributed by atoms with Crippen LogP contribution in [0.5, 0.6) is 0 Å². The molecule has 2 aromatic heterocycles. The van der Waals surface area contributed by atoms with Crippen molar-refractivity contribution in [3.8, 4) is 0 Å². The van der Waals surface area contributed by atoms with E-state index < -0.39 is 0 Å². The summed E-state index contributed by atoms with van der Waals surface area (Å²) in [6, 6.07) is 0. The van der Waals surface area contributed by atoms with Gasteiger partial charge < -0.3 is 10.2 Å². The lowest BCUT2D eigenvalue weighted by Crippen LogP contribution is -2.11. The summed E-state index contributed by atoms with van der Waals surface area (Å²) < 4.78 is 5.63. The molecule has 2 aromatic rings. The van der Waals surface area contributed by atoms with Gasteiger partial charge in [-0.15, -0.1) is 11.3 Å². The molecule has 3 rings (SSSR count). The Hall–Kier alpha value is -0.890. The summed E-state index contributed by atoms with van der Waals surface area (Å²) in [4.78, 5) is 11.5. The predicted molar refractivity (Wildman–Crippen MR) is 89.8 cm³/mol. The molecule has 1 unspecified atom stereocenters. The van der Waals surface area contributed by atoms with Crippen LogP contribution in [-0.2, 0) is 10.5 Å². The number of nitrogens with zero attached hydrogens (tertiary/aromatic N) is 2. The molecule has 21 heavy (non-hydrogen) atoms. The number of nitrogens with one attached hydrogen (secondary N) is 1. The second-order valence-electron chi connectivity index (χ2n) is 5.25. The number of hydrogen-bond donors (Lipinski definition) is 2. The summed E-state index contributed by atoms with van der Waals surface area (Å²) in [6.07, 6.45) is 2.76. The molecular weight excluding hydrogens is 304 g/mol. The monoisotopic (exact) mass is 324 g/mol. The van der Waals surface area contributed by atoms with Gasteiger partial charge >= 0.3 is 0 Å². The minimum Gasteiger partial charge on any atom is -0.377 e. The number of rotatable bonds is 5. The van der Waals surface area contributed by atoms with Crippen molar-refractivity contribution in [2.45, 2.75) is 38.5 Å². The van der Waals surface area contributed by atoms with Crippen LogP contribution in [0.2, 0.25) is 0 Å². The molecule has 3 heterocycles. The smallest absolute Gasteiger partial charge is 0.152 e. The minimum absolute atomic E-state index is 0.400. The van der Waals surface area contributed by atoms with Crippen LogP contribution in [0, 0.1) is 13.8 Å². The maximum atomic E-state index is 5.63. The van der Waals surface area contributed by atoms with Gasteiger partial charge in [0.15, 0.2) is 5.82 Å². The first-order valence-electron chi connectivity index (χ1n) is 7.11. The molecule has 1 aliphatic heterocycles. The molecule has 0 aliphatic carbocycles. The van der Waals surface area contributed by atoms with E-state index >= 15 is 0 Å². The van der Waals surface area contributed by atoms with Gasteiger partial charge in [0.1, 0.15) is 10.7 Å². The van der Waals surface area contributed by atoms with E-state index in [1.54, 1.807) is 11.3 Å². The van der Waals surface area contributed by atoms with Crippen molar-refractivity contribution < 1.29 is 4.74 Å². The van der Waals surface area contributed by atoms with Crippen LogP contribution in [-0.4, -0.2) is 28.4 Å². The van der Waals surface area contributed by atoms with Crippen molar-refractivity contribution in [3.63, 3.8) is 0 Å². The lowest BCUT2D eigenvalue weighted by atomic mass is 10.2. The zero-order chi connectivity index (χ0) is 14.8. The SMILES string of the molecule is Cc1sc2nc(CSCC3CCCO3)nc(NN)c2c1C. The summed E-state index contributed by atoms with van der Waals surface area (Å²) in [7, 11) is 0. The molecule has 1 atom stereocenters. The highest BCUT2D eigenvalue weighted by atomic mass is 32.2. The zero-order valence-electron chi connectivity index (χ0n) is 12.3. The Labute approximate surface area is 132 Å². The van der Waals surface area contributed by atoms with Gasteiger partial charge in [0.25, 0.3) is 0 Å². The van der Waals surface area contributed by atoms with E-state index in [1.807, 2.05) is 11.8 Å². The van der Waals surface area contributed by atoms with Crippen molar-refractivity contribution in [1.29, 1.82) is 0 Å². The van der Waals surface area contributed by atoms with E-state index in [4.69, 9.17) is 10.6 Å². The minimum atomic E-state index is 0.400. The number of thiophene rings is 1. The molecule has 1 saturated heterocycles. The maximum absolute atomic E-state index is 5.63. The van der Waals surface area contributed by atoms with Crippen LogP contribution >= 0.6 is 23.1 Å². The molecule has 0 spiro atoms. The highest BCUT2D eigenvalue weighted by Crippen LogP contribution is 2.33. The van der Waals surface area contributed by atoms with Gasteiger partial charge in [0, 0.05) is 17.2 Å². The van der Waals surface area contributed by atoms with Gasteiger partial charge in [-0.05, 0) is 32.3 Å². The Morgan fingerprint density at radius 2 is 2.29 bits per heavy atom. The van der Waals surface area contributed by atoms with Crippen molar-refractivity contribution in [2.75, 3.05) is 17.8 Å². The predicted octanol–water partition coefficient (Wildman–Crippen LogP) is 3.01. The normalized spacial score (nSPS) is 18.5. The van der Waals surface area contributed by atoms with Crippen LogP contribution < -0.4 is 11.3 Å². The van der Waals surface area contributed by atoms with Crippen molar-refractivity contribution in [2.24, 2.45) is 5.84 Å². The van der Waals surface area contributed by atoms with Crippen molar-refractivity contribution in [1.82, 2.24) is 9.97 Å².